The molecule has 0 saturated carbocycles. The molecule has 0 fully saturated rings. The number of methoxy groups -OCH3 is 1. The van der Waals surface area contributed by atoms with Crippen LogP contribution in [0.1, 0.15) is 160 Å². The Kier molecular flexibility index (Phi) is 34.4. The summed E-state index contributed by atoms with van der Waals surface area (Å²) in [4.78, 5) is 43.5. The number of aliphatic hydroxyl groups excluding tert-OH is 1. The first-order chi connectivity index (χ1) is 44.4. The van der Waals surface area contributed by atoms with E-state index in [-0.39, 0.29) is 30.5 Å². The highest BCUT2D eigenvalue weighted by atomic mass is 79.9. The summed E-state index contributed by atoms with van der Waals surface area (Å²) in [6, 6.07) is 30.6. The number of halogens is 8. The predicted octanol–water partition coefficient (Wildman–Crippen LogP) is 19.6. The third kappa shape index (κ3) is 25.1. The van der Waals surface area contributed by atoms with E-state index in [2.05, 4.69) is 255 Å². The lowest BCUT2D eigenvalue weighted by molar-refractivity contribution is 0.205. The number of rotatable bonds is 19. The smallest absolute Gasteiger partial charge is 0.255 e. The van der Waals surface area contributed by atoms with Crippen LogP contribution in [-0.4, -0.2) is 80.3 Å². The van der Waals surface area contributed by atoms with Crippen molar-refractivity contribution >= 4 is 173 Å². The number of nitrogen functional groups attached to an aromatic ring is 1. The van der Waals surface area contributed by atoms with E-state index in [1.54, 1.807) is 14.0 Å². The van der Waals surface area contributed by atoms with Crippen LogP contribution >= 0.6 is 115 Å². The van der Waals surface area contributed by atoms with Crippen molar-refractivity contribution < 1.29 is 9.84 Å². The minimum atomic E-state index is -0.223. The van der Waals surface area contributed by atoms with Gasteiger partial charge in [0, 0.05) is 95.2 Å². The van der Waals surface area contributed by atoms with Crippen molar-refractivity contribution in [3.63, 3.8) is 0 Å². The fraction of sp³-hybridized carbons (Fsp3) is 0.386. The second-order valence-corrected chi connectivity index (χ2v) is 28.9. The number of fused-ring (bicyclic) bond motifs is 1. The monoisotopic (exact) mass is 1670 g/mol. The Hall–Kier alpha value is -5.40. The summed E-state index contributed by atoms with van der Waals surface area (Å²) >= 11 is 29.6. The number of ether oxygens (including phenoxy) is 1. The van der Waals surface area contributed by atoms with Gasteiger partial charge in [-0.15, -0.1) is 24.0 Å². The SMILES string of the molecule is CC(C)c1ccc(N)c(Br)c1.CC(C)c1ccc(N=C(N)N)c(Br)c1.COCCN1CCc2c(C)nc(Nc3ccc(C(C)C)cc3Br)nc21.Cc1nc(Nc2ccc(C(C)C)cc2Br)[nH]c(=O)c1CCO.Cc1nc(Nc2ccc(C(C)C)cc2Br)nc(Cl)c1CCCl.Cl. The van der Waals surface area contributed by atoms with Gasteiger partial charge in [0.1, 0.15) is 11.0 Å². The van der Waals surface area contributed by atoms with Gasteiger partial charge in [-0.1, -0.05) is 111 Å². The highest BCUT2D eigenvalue weighted by molar-refractivity contribution is 9.11. The van der Waals surface area contributed by atoms with Gasteiger partial charge in [-0.3, -0.25) is 9.78 Å². The van der Waals surface area contributed by atoms with Crippen molar-refractivity contribution in [2.75, 3.05) is 65.9 Å². The number of hydrogen-bond acceptors (Lipinski definition) is 14. The number of guanidine groups is 1. The first-order valence-electron chi connectivity index (χ1n) is 31.0. The quantitative estimate of drug-likeness (QED) is 0.0123. The number of aliphatic imine (C=N–C) groups is 1. The van der Waals surface area contributed by atoms with Crippen LogP contribution in [0.15, 0.2) is 123 Å². The normalized spacial score (nSPS) is 11.4. The van der Waals surface area contributed by atoms with E-state index in [0.29, 0.717) is 89.2 Å². The van der Waals surface area contributed by atoms with E-state index in [9.17, 15) is 4.79 Å². The summed E-state index contributed by atoms with van der Waals surface area (Å²) in [5, 5.41) is 19.1. The number of aromatic amines is 1. The van der Waals surface area contributed by atoms with Gasteiger partial charge in [-0.2, -0.15) is 4.98 Å². The number of alkyl halides is 1. The van der Waals surface area contributed by atoms with Gasteiger partial charge in [-0.25, -0.2) is 24.9 Å². The fourth-order valence-electron chi connectivity index (χ4n) is 9.39. The standard InChI is InChI=1S/C19H25BrN4O.C16H18BrCl2N3.C16H20BrN3O2.C10H14BrN3.C9H12BrN.ClH/c1-12(2)14-5-6-17(16(20)11-14)22-19-21-13(3)15-7-8-24(9-10-25-4)18(15)23-19;1-9(2)11-4-5-14(13(17)8-11)21-16-20-10(3)12(6-7-18)15(19)22-16;1-9(2)11-4-5-14(13(17)8-11)19-16-18-10(3)12(6-7-21)15(22)20-16;1-6(2)7-3-4-9(8(11)5-7)14-10(12)13;1-6(2)7-3-4-9(11)8(10)5-7;/h5-6,11-12H,7-10H2,1-4H3,(H,21,22,23);4-5,8-9H,6-7H2,1-3H3,(H,20,21,22);4-5,8-9,21H,6-7H2,1-3H3,(H2,18,19,20,22);3-6H,1-2H3,(H4,12,13,14);3-6H,11H2,1-2H3;1H. The topological polar surface area (TPSA) is 257 Å². The molecule has 0 aliphatic carbocycles. The fourth-order valence-corrected chi connectivity index (χ4v) is 12.3. The van der Waals surface area contributed by atoms with E-state index in [4.69, 9.17) is 55.2 Å². The molecule has 1 aliphatic rings. The molecule has 17 nitrogen and oxygen atoms in total. The number of benzene rings is 5. The van der Waals surface area contributed by atoms with Crippen molar-refractivity contribution in [2.24, 2.45) is 16.5 Å². The van der Waals surface area contributed by atoms with Crippen LogP contribution in [0.3, 0.4) is 0 Å². The maximum absolute atomic E-state index is 12.0. The molecule has 11 N–H and O–H groups in total. The number of nitrogens with two attached hydrogens (primary N) is 3. The zero-order chi connectivity index (χ0) is 69.7. The third-order valence-corrected chi connectivity index (χ3v) is 18.9. The Labute approximate surface area is 619 Å². The lowest BCUT2D eigenvalue weighted by atomic mass is 10.0. The molecule has 514 valence electrons. The molecule has 8 aromatic rings. The highest BCUT2D eigenvalue weighted by Gasteiger charge is 2.24. The van der Waals surface area contributed by atoms with E-state index < -0.39 is 0 Å². The number of aliphatic hydroxyl groups is 1. The molecule has 4 heterocycles. The second kappa shape index (κ2) is 39.9. The maximum Gasteiger partial charge on any atom is 0.255 e. The number of nitrogens with zero attached hydrogens (tertiary/aromatic N) is 7. The summed E-state index contributed by atoms with van der Waals surface area (Å²) in [5.41, 5.74) is 31.8. The second-order valence-electron chi connectivity index (χ2n) is 23.9. The molecule has 95 heavy (non-hydrogen) atoms. The molecule has 0 spiro atoms. The van der Waals surface area contributed by atoms with Gasteiger partial charge in [0.05, 0.1) is 35.1 Å². The minimum absolute atomic E-state index is 0. The molecule has 0 saturated heterocycles. The van der Waals surface area contributed by atoms with Crippen LogP contribution in [0.4, 0.5) is 52.1 Å². The molecule has 25 heteroatoms. The molecule has 0 atom stereocenters. The van der Waals surface area contributed by atoms with Gasteiger partial charge in [0.15, 0.2) is 5.96 Å². The maximum atomic E-state index is 12.0. The van der Waals surface area contributed by atoms with Crippen LogP contribution in [0.5, 0.6) is 0 Å². The van der Waals surface area contributed by atoms with Gasteiger partial charge in [0.25, 0.3) is 5.56 Å². The molecular formula is C70H90Br5Cl3N14O3. The number of aromatic nitrogens is 6. The van der Waals surface area contributed by atoms with Crippen molar-refractivity contribution in [3.8, 4) is 0 Å². The van der Waals surface area contributed by atoms with Crippen LogP contribution in [0.2, 0.25) is 5.15 Å². The molecule has 3 aromatic heterocycles. The predicted molar refractivity (Wildman–Crippen MR) is 419 cm³/mol. The molecule has 1 aliphatic heterocycles. The lowest BCUT2D eigenvalue weighted by Crippen LogP contribution is -2.25. The molecule has 0 amide bonds. The largest absolute Gasteiger partial charge is 0.398 e. The first-order valence-corrected chi connectivity index (χ1v) is 35.9. The highest BCUT2D eigenvalue weighted by Crippen LogP contribution is 2.35. The van der Waals surface area contributed by atoms with Gasteiger partial charge >= 0.3 is 0 Å². The Balaban J connectivity index is 0.000000259. The first kappa shape index (κ1) is 82.0. The Morgan fingerprint density at radius 1 is 0.621 bits per heavy atom. The summed E-state index contributed by atoms with van der Waals surface area (Å²) in [5.74, 6) is 5.60. The van der Waals surface area contributed by atoms with Crippen molar-refractivity contribution in [1.82, 2.24) is 29.9 Å². The van der Waals surface area contributed by atoms with E-state index in [1.165, 1.54) is 33.4 Å². The zero-order valence-electron chi connectivity index (χ0n) is 56.4. The molecule has 0 unspecified atom stereocenters. The lowest BCUT2D eigenvalue weighted by Gasteiger charge is -2.19. The number of nitrogens with one attached hydrogen (secondary N) is 4. The van der Waals surface area contributed by atoms with Gasteiger partial charge in [0.2, 0.25) is 17.8 Å². The van der Waals surface area contributed by atoms with Crippen LogP contribution < -0.4 is 43.6 Å². The minimum Gasteiger partial charge on any atom is -0.398 e. The molecule has 9 rings (SSSR count). The Bertz CT molecular complexity index is 3890. The van der Waals surface area contributed by atoms with Crippen molar-refractivity contribution in [1.29, 1.82) is 0 Å². The van der Waals surface area contributed by atoms with Crippen LogP contribution in [0.25, 0.3) is 0 Å². The summed E-state index contributed by atoms with van der Waals surface area (Å²) in [6.45, 7) is 29.8. The van der Waals surface area contributed by atoms with Gasteiger partial charge < -0.3 is 47.9 Å². The average molecular weight is 1680 g/mol. The third-order valence-electron chi connectivity index (χ3n) is 15.1. The zero-order valence-corrected chi connectivity index (χ0v) is 66.6. The number of aryl methyl sites for hydroxylation is 3. The van der Waals surface area contributed by atoms with Gasteiger partial charge in [-0.05, 0) is 231 Å². The van der Waals surface area contributed by atoms with Crippen LogP contribution in [0, 0.1) is 20.8 Å². The molecule has 0 radical (unpaired) electrons. The number of hydrogen-bond donors (Lipinski definition) is 8. The summed E-state index contributed by atoms with van der Waals surface area (Å²) in [7, 11) is 1.73. The Morgan fingerprint density at radius 2 is 1.06 bits per heavy atom. The van der Waals surface area contributed by atoms with Crippen molar-refractivity contribution in [2.45, 2.75) is 139 Å². The Morgan fingerprint density at radius 3 is 1.48 bits per heavy atom. The average Bonchev–Trinajstić information content (AvgIpc) is 1.69. The van der Waals surface area contributed by atoms with Crippen LogP contribution in [-0.2, 0) is 24.0 Å². The van der Waals surface area contributed by atoms with E-state index in [1.807, 2.05) is 49.4 Å². The molecular weight excluding hydrogens is 1590 g/mol. The molecule has 0 bridgehead atoms. The number of anilines is 8. The van der Waals surface area contributed by atoms with E-state index >= 15 is 0 Å². The molecule has 5 aromatic carbocycles. The summed E-state index contributed by atoms with van der Waals surface area (Å²) in [6.07, 6.45) is 1.97. The number of H-pyrrole nitrogens is 1. The van der Waals surface area contributed by atoms with Crippen molar-refractivity contribution in [3.05, 3.63) is 190 Å². The van der Waals surface area contributed by atoms with E-state index in [0.717, 1.165) is 93.1 Å². The summed E-state index contributed by atoms with van der Waals surface area (Å²) < 4.78 is 10.0.